The fraction of sp³-hybridized carbons (Fsp3) is 0.240. The summed E-state index contributed by atoms with van der Waals surface area (Å²) >= 11 is 0. The van der Waals surface area contributed by atoms with Gasteiger partial charge < -0.3 is 14.4 Å². The van der Waals surface area contributed by atoms with Crippen LogP contribution >= 0.6 is 0 Å². The molecule has 3 aromatic rings. The minimum absolute atomic E-state index is 0.0166. The van der Waals surface area contributed by atoms with E-state index in [-0.39, 0.29) is 28.6 Å². The zero-order valence-corrected chi connectivity index (χ0v) is 19.7. The number of carbonyl (C=O) groups is 2. The number of halogens is 6. The molecule has 6 nitrogen and oxygen atoms in total. The van der Waals surface area contributed by atoms with Crippen LogP contribution in [0.2, 0.25) is 0 Å². The first-order valence-corrected chi connectivity index (χ1v) is 10.6. The number of aryl methyl sites for hydroxylation is 1. The highest BCUT2D eigenvalue weighted by molar-refractivity contribution is 6.01. The van der Waals surface area contributed by atoms with Gasteiger partial charge in [-0.2, -0.15) is 26.3 Å². The lowest BCUT2D eigenvalue weighted by molar-refractivity contribution is -0.143. The number of nitrogens with zero attached hydrogens (tertiary/aromatic N) is 2. The summed E-state index contributed by atoms with van der Waals surface area (Å²) in [5.74, 6) is -0.918. The molecule has 0 aliphatic rings. The predicted molar refractivity (Wildman–Crippen MR) is 120 cm³/mol. The number of methoxy groups -OCH3 is 1. The van der Waals surface area contributed by atoms with E-state index in [1.807, 2.05) is 0 Å². The van der Waals surface area contributed by atoms with E-state index in [2.05, 4.69) is 9.72 Å². The number of carbonyl (C=O) groups excluding carboxylic acids is 2. The topological polar surface area (TPSA) is 68.7 Å². The van der Waals surface area contributed by atoms with Gasteiger partial charge in [0, 0.05) is 31.4 Å². The highest BCUT2D eigenvalue weighted by Crippen LogP contribution is 2.37. The number of hydrogen-bond donors (Lipinski definition) is 0. The molecule has 0 unspecified atom stereocenters. The number of amides is 1. The summed E-state index contributed by atoms with van der Waals surface area (Å²) in [6.07, 6.45) is -9.98. The molecule has 0 fully saturated rings. The van der Waals surface area contributed by atoms with Crippen LogP contribution in [0.1, 0.15) is 32.6 Å². The van der Waals surface area contributed by atoms with Gasteiger partial charge in [0.2, 0.25) is 5.88 Å². The summed E-state index contributed by atoms with van der Waals surface area (Å²) in [6.45, 7) is 1.20. The van der Waals surface area contributed by atoms with Crippen molar-refractivity contribution >= 4 is 12.1 Å². The van der Waals surface area contributed by atoms with Crippen LogP contribution in [0.5, 0.6) is 5.88 Å². The number of ether oxygens (including phenoxy) is 2. The molecule has 1 amide bonds. The third-order valence-electron chi connectivity index (χ3n) is 5.31. The molecule has 0 radical (unpaired) electrons. The van der Waals surface area contributed by atoms with Crippen LogP contribution in [0.3, 0.4) is 0 Å². The van der Waals surface area contributed by atoms with Gasteiger partial charge >= 0.3 is 18.5 Å². The van der Waals surface area contributed by atoms with E-state index in [9.17, 15) is 35.9 Å². The molecular weight excluding hydrogens is 506 g/mol. The van der Waals surface area contributed by atoms with Crippen molar-refractivity contribution in [2.75, 3.05) is 14.2 Å². The second-order valence-corrected chi connectivity index (χ2v) is 8.01. The molecule has 1 aromatic heterocycles. The van der Waals surface area contributed by atoms with Gasteiger partial charge in [0.15, 0.2) is 0 Å². The number of alkyl halides is 6. The molecule has 0 saturated heterocycles. The molecule has 37 heavy (non-hydrogen) atoms. The number of pyridine rings is 1. The van der Waals surface area contributed by atoms with Gasteiger partial charge in [-0.05, 0) is 41.8 Å². The maximum atomic E-state index is 13.3. The summed E-state index contributed by atoms with van der Waals surface area (Å²) in [6, 6.07) is 9.35. The minimum Gasteiger partial charge on any atom is -0.437 e. The Bertz CT molecular complexity index is 1290. The first kappa shape index (κ1) is 27.5. The van der Waals surface area contributed by atoms with E-state index in [4.69, 9.17) is 4.74 Å². The molecular formula is C25H20F6N2O4. The zero-order valence-electron chi connectivity index (χ0n) is 19.7. The second kappa shape index (κ2) is 10.5. The lowest BCUT2D eigenvalue weighted by Gasteiger charge is -2.21. The molecule has 0 aliphatic carbocycles. The predicted octanol–water partition coefficient (Wildman–Crippen LogP) is 6.51. The average molecular weight is 526 g/mol. The lowest BCUT2D eigenvalue weighted by atomic mass is 9.96. The van der Waals surface area contributed by atoms with Crippen LogP contribution in [-0.2, 0) is 23.6 Å². The third kappa shape index (κ3) is 6.57. The van der Waals surface area contributed by atoms with Gasteiger partial charge in [-0.15, -0.1) is 0 Å². The fourth-order valence-corrected chi connectivity index (χ4v) is 3.55. The fourth-order valence-electron chi connectivity index (χ4n) is 3.55. The average Bonchev–Trinajstić information content (AvgIpc) is 2.82. The van der Waals surface area contributed by atoms with Crippen LogP contribution in [0, 0.1) is 6.92 Å². The van der Waals surface area contributed by atoms with Gasteiger partial charge in [-0.1, -0.05) is 24.3 Å². The smallest absolute Gasteiger partial charge is 0.437 e. The molecule has 0 atom stereocenters. The van der Waals surface area contributed by atoms with Gasteiger partial charge in [0.1, 0.15) is 0 Å². The van der Waals surface area contributed by atoms with Crippen molar-refractivity contribution in [1.82, 2.24) is 9.88 Å². The van der Waals surface area contributed by atoms with Crippen molar-refractivity contribution in [3.8, 4) is 17.0 Å². The molecule has 2 aromatic carbocycles. The summed E-state index contributed by atoms with van der Waals surface area (Å²) < 4.78 is 88.7. The monoisotopic (exact) mass is 526 g/mol. The molecule has 3 rings (SSSR count). The van der Waals surface area contributed by atoms with Crippen molar-refractivity contribution in [2.24, 2.45) is 0 Å². The molecule has 12 heteroatoms. The van der Waals surface area contributed by atoms with E-state index in [1.54, 1.807) is 31.2 Å². The van der Waals surface area contributed by atoms with Crippen molar-refractivity contribution in [2.45, 2.75) is 25.8 Å². The Morgan fingerprint density at radius 3 is 2.05 bits per heavy atom. The van der Waals surface area contributed by atoms with Crippen molar-refractivity contribution in [3.63, 3.8) is 0 Å². The normalized spacial score (nSPS) is 11.7. The first-order valence-electron chi connectivity index (χ1n) is 10.6. The molecule has 196 valence electrons. The Labute approximate surface area is 207 Å². The van der Waals surface area contributed by atoms with Crippen LogP contribution < -0.4 is 4.74 Å². The van der Waals surface area contributed by atoms with Crippen LogP contribution in [0.25, 0.3) is 11.1 Å². The minimum atomic E-state index is -5.02. The number of rotatable bonds is 5. The summed E-state index contributed by atoms with van der Waals surface area (Å²) in [5.41, 5.74) is -1.76. The Morgan fingerprint density at radius 2 is 1.51 bits per heavy atom. The quantitative estimate of drug-likeness (QED) is 0.280. The summed E-state index contributed by atoms with van der Waals surface area (Å²) in [4.78, 5) is 29.7. The Kier molecular flexibility index (Phi) is 7.80. The summed E-state index contributed by atoms with van der Waals surface area (Å²) in [5, 5.41) is 0. The highest BCUT2D eigenvalue weighted by atomic mass is 19.4. The maximum Gasteiger partial charge on any atom is 0.514 e. The van der Waals surface area contributed by atoms with Gasteiger partial charge in [0.25, 0.3) is 5.91 Å². The van der Waals surface area contributed by atoms with E-state index in [1.165, 1.54) is 13.1 Å². The standard InChI is InChI=1S/C25H20F6N2O4/c1-14-6-4-5-7-18(14)19-11-21(37-23(35)36-3)32-12-20(19)22(34)33(2)13-15-8-16(24(26,27)28)10-17(9-15)25(29,30)31/h4-12H,13H2,1-3H3. The largest absolute Gasteiger partial charge is 0.514 e. The van der Waals surface area contributed by atoms with Crippen molar-refractivity contribution in [3.05, 3.63) is 82.5 Å². The van der Waals surface area contributed by atoms with E-state index < -0.39 is 42.1 Å². The first-order chi connectivity index (χ1) is 17.2. The van der Waals surface area contributed by atoms with E-state index in [0.29, 0.717) is 17.7 Å². The number of benzene rings is 2. The number of hydrogen-bond acceptors (Lipinski definition) is 5. The van der Waals surface area contributed by atoms with E-state index in [0.717, 1.165) is 23.8 Å². The van der Waals surface area contributed by atoms with Crippen LogP contribution in [-0.4, -0.2) is 36.1 Å². The van der Waals surface area contributed by atoms with Crippen molar-refractivity contribution < 1.29 is 45.4 Å². The van der Waals surface area contributed by atoms with Gasteiger partial charge in [-0.25, -0.2) is 9.78 Å². The van der Waals surface area contributed by atoms with Crippen LogP contribution in [0.15, 0.2) is 54.7 Å². The Hall–Kier alpha value is -4.09. The molecule has 0 spiro atoms. The molecule has 0 bridgehead atoms. The Morgan fingerprint density at radius 1 is 0.919 bits per heavy atom. The second-order valence-electron chi connectivity index (χ2n) is 8.01. The zero-order chi connectivity index (χ0) is 27.5. The van der Waals surface area contributed by atoms with Crippen molar-refractivity contribution in [1.29, 1.82) is 0 Å². The molecule has 0 aliphatic heterocycles. The Balaban J connectivity index is 2.02. The van der Waals surface area contributed by atoms with Gasteiger partial charge in [-0.3, -0.25) is 4.79 Å². The number of aromatic nitrogens is 1. The highest BCUT2D eigenvalue weighted by Gasteiger charge is 2.37. The molecule has 0 N–H and O–H groups in total. The maximum absolute atomic E-state index is 13.3. The molecule has 0 saturated carbocycles. The van der Waals surface area contributed by atoms with Gasteiger partial charge in [0.05, 0.1) is 23.8 Å². The molecule has 1 heterocycles. The summed E-state index contributed by atoms with van der Waals surface area (Å²) in [7, 11) is 2.33. The SMILES string of the molecule is COC(=O)Oc1cc(-c2ccccc2C)c(C(=O)N(C)Cc2cc(C(F)(F)F)cc(C(F)(F)F)c2)cn1. The lowest BCUT2D eigenvalue weighted by Crippen LogP contribution is -2.27. The van der Waals surface area contributed by atoms with E-state index >= 15 is 0 Å². The van der Waals surface area contributed by atoms with Crippen LogP contribution in [0.4, 0.5) is 31.1 Å². The third-order valence-corrected chi connectivity index (χ3v) is 5.31.